The monoisotopic (exact) mass is 181 g/mol. The SMILES string of the molecule is Oc1c(F)cc(F)nc1C(F)F. The lowest BCUT2D eigenvalue weighted by Crippen LogP contribution is -1.96. The van der Waals surface area contributed by atoms with E-state index >= 15 is 0 Å². The Balaban J connectivity index is 3.28. The summed E-state index contributed by atoms with van der Waals surface area (Å²) in [6, 6.07) is 0.223. The smallest absolute Gasteiger partial charge is 0.284 e. The van der Waals surface area contributed by atoms with E-state index in [1.807, 2.05) is 0 Å². The van der Waals surface area contributed by atoms with Gasteiger partial charge in [-0.15, -0.1) is 0 Å². The molecule has 0 bridgehead atoms. The topological polar surface area (TPSA) is 33.1 Å². The predicted octanol–water partition coefficient (Wildman–Crippen LogP) is 2.00. The number of alkyl halides is 2. The van der Waals surface area contributed by atoms with Gasteiger partial charge < -0.3 is 5.11 Å². The van der Waals surface area contributed by atoms with E-state index in [0.717, 1.165) is 0 Å². The molecule has 0 atom stereocenters. The first kappa shape index (κ1) is 8.76. The maximum atomic E-state index is 12.3. The summed E-state index contributed by atoms with van der Waals surface area (Å²) in [7, 11) is 0. The third-order valence-electron chi connectivity index (χ3n) is 1.15. The molecule has 0 aromatic carbocycles. The van der Waals surface area contributed by atoms with Gasteiger partial charge in [-0.25, -0.2) is 18.2 Å². The number of rotatable bonds is 1. The van der Waals surface area contributed by atoms with Crippen LogP contribution in [0.2, 0.25) is 0 Å². The normalized spacial score (nSPS) is 10.8. The zero-order valence-corrected chi connectivity index (χ0v) is 5.56. The molecule has 1 rings (SSSR count). The van der Waals surface area contributed by atoms with Crippen molar-refractivity contribution in [1.82, 2.24) is 4.98 Å². The first-order valence-corrected chi connectivity index (χ1v) is 2.85. The van der Waals surface area contributed by atoms with E-state index in [1.54, 1.807) is 0 Å². The third-order valence-corrected chi connectivity index (χ3v) is 1.15. The van der Waals surface area contributed by atoms with Crippen molar-refractivity contribution in [2.45, 2.75) is 6.43 Å². The molecule has 0 spiro atoms. The van der Waals surface area contributed by atoms with E-state index in [0.29, 0.717) is 0 Å². The zero-order chi connectivity index (χ0) is 9.30. The average Bonchev–Trinajstić information content (AvgIpc) is 1.96. The predicted molar refractivity (Wildman–Crippen MR) is 30.8 cm³/mol. The van der Waals surface area contributed by atoms with Gasteiger partial charge in [0.05, 0.1) is 0 Å². The molecule has 12 heavy (non-hydrogen) atoms. The summed E-state index contributed by atoms with van der Waals surface area (Å²) in [5.41, 5.74) is -1.28. The summed E-state index contributed by atoms with van der Waals surface area (Å²) in [4.78, 5) is 2.63. The van der Waals surface area contributed by atoms with Gasteiger partial charge in [0.2, 0.25) is 5.95 Å². The Bertz CT molecular complexity index is 302. The van der Waals surface area contributed by atoms with Crippen LogP contribution in [0.1, 0.15) is 12.1 Å². The lowest BCUT2D eigenvalue weighted by atomic mass is 10.3. The molecule has 0 aliphatic rings. The number of pyridine rings is 1. The van der Waals surface area contributed by atoms with Gasteiger partial charge in [0.1, 0.15) is 0 Å². The summed E-state index contributed by atoms with van der Waals surface area (Å²) >= 11 is 0. The van der Waals surface area contributed by atoms with Crippen LogP contribution >= 0.6 is 0 Å². The molecule has 1 aromatic rings. The van der Waals surface area contributed by atoms with Gasteiger partial charge in [0, 0.05) is 6.07 Å². The Hall–Kier alpha value is -1.33. The number of hydrogen-bond acceptors (Lipinski definition) is 2. The fourth-order valence-corrected chi connectivity index (χ4v) is 0.648. The fraction of sp³-hybridized carbons (Fsp3) is 0.167. The molecular formula is C6H3F4NO. The molecule has 0 aliphatic carbocycles. The molecule has 2 nitrogen and oxygen atoms in total. The van der Waals surface area contributed by atoms with Gasteiger partial charge in [-0.3, -0.25) is 0 Å². The van der Waals surface area contributed by atoms with Crippen molar-refractivity contribution in [2.24, 2.45) is 0 Å². The minimum Gasteiger partial charge on any atom is -0.503 e. The maximum Gasteiger partial charge on any atom is 0.284 e. The van der Waals surface area contributed by atoms with Gasteiger partial charge >= 0.3 is 0 Å². The minimum atomic E-state index is -3.20. The van der Waals surface area contributed by atoms with Crippen LogP contribution in [0.25, 0.3) is 0 Å². The molecule has 0 unspecified atom stereocenters. The van der Waals surface area contributed by atoms with Crippen LogP contribution in [-0.2, 0) is 0 Å². The Morgan fingerprint density at radius 3 is 2.42 bits per heavy atom. The first-order valence-electron chi connectivity index (χ1n) is 2.85. The standard InChI is InChI=1S/C6H3F4NO/c7-2-1-3(8)11-4(5(2)12)6(9)10/h1,6,12H. The molecule has 0 fully saturated rings. The molecular weight excluding hydrogens is 178 g/mol. The molecule has 0 saturated heterocycles. The summed E-state index contributed by atoms with van der Waals surface area (Å²) in [5, 5.41) is 8.61. The van der Waals surface area contributed by atoms with E-state index in [-0.39, 0.29) is 6.07 Å². The third kappa shape index (κ3) is 1.46. The van der Waals surface area contributed by atoms with Crippen LogP contribution in [-0.4, -0.2) is 10.1 Å². The number of aromatic hydroxyl groups is 1. The van der Waals surface area contributed by atoms with E-state index in [1.165, 1.54) is 0 Å². The van der Waals surface area contributed by atoms with Crippen molar-refractivity contribution >= 4 is 0 Å². The van der Waals surface area contributed by atoms with Crippen LogP contribution in [0.5, 0.6) is 5.75 Å². The van der Waals surface area contributed by atoms with Crippen LogP contribution in [0.3, 0.4) is 0 Å². The number of aromatic nitrogens is 1. The quantitative estimate of drug-likeness (QED) is 0.531. The second-order valence-corrected chi connectivity index (χ2v) is 1.96. The number of nitrogens with zero attached hydrogens (tertiary/aromatic N) is 1. The highest BCUT2D eigenvalue weighted by Gasteiger charge is 2.19. The Morgan fingerprint density at radius 1 is 1.33 bits per heavy atom. The van der Waals surface area contributed by atoms with Crippen LogP contribution in [0, 0.1) is 11.8 Å². The number of hydrogen-bond donors (Lipinski definition) is 1. The molecule has 1 heterocycles. The molecule has 0 amide bonds. The zero-order valence-electron chi connectivity index (χ0n) is 5.56. The van der Waals surface area contributed by atoms with E-state index in [9.17, 15) is 17.6 Å². The van der Waals surface area contributed by atoms with Gasteiger partial charge in [0.15, 0.2) is 17.3 Å². The largest absolute Gasteiger partial charge is 0.503 e. The molecule has 0 aliphatic heterocycles. The fourth-order valence-electron chi connectivity index (χ4n) is 0.648. The molecule has 0 radical (unpaired) electrons. The van der Waals surface area contributed by atoms with Gasteiger partial charge in [-0.2, -0.15) is 4.39 Å². The highest BCUT2D eigenvalue weighted by Crippen LogP contribution is 2.28. The van der Waals surface area contributed by atoms with Crippen LogP contribution in [0.4, 0.5) is 17.6 Å². The summed E-state index contributed by atoms with van der Waals surface area (Å²) in [5.74, 6) is -4.15. The van der Waals surface area contributed by atoms with Gasteiger partial charge in [0.25, 0.3) is 6.43 Å². The van der Waals surface area contributed by atoms with Gasteiger partial charge in [-0.1, -0.05) is 0 Å². The van der Waals surface area contributed by atoms with Crippen molar-refractivity contribution in [3.63, 3.8) is 0 Å². The summed E-state index contributed by atoms with van der Waals surface area (Å²) in [6.45, 7) is 0. The van der Waals surface area contributed by atoms with Crippen LogP contribution < -0.4 is 0 Å². The Morgan fingerprint density at radius 2 is 1.92 bits per heavy atom. The first-order chi connectivity index (χ1) is 5.52. The van der Waals surface area contributed by atoms with Crippen molar-refractivity contribution < 1.29 is 22.7 Å². The molecule has 1 aromatic heterocycles. The second kappa shape index (κ2) is 2.96. The maximum absolute atomic E-state index is 12.3. The minimum absolute atomic E-state index is 0.223. The molecule has 6 heteroatoms. The summed E-state index contributed by atoms with van der Waals surface area (Å²) < 4.78 is 48.2. The van der Waals surface area contributed by atoms with Crippen molar-refractivity contribution in [1.29, 1.82) is 0 Å². The highest BCUT2D eigenvalue weighted by molar-refractivity contribution is 5.28. The Labute approximate surface area is 64.5 Å². The molecule has 66 valence electrons. The Kier molecular flexibility index (Phi) is 2.16. The lowest BCUT2D eigenvalue weighted by Gasteiger charge is -2.02. The van der Waals surface area contributed by atoms with Crippen molar-refractivity contribution in [3.05, 3.63) is 23.5 Å². The van der Waals surface area contributed by atoms with Crippen LogP contribution in [0.15, 0.2) is 6.07 Å². The molecule has 1 N–H and O–H groups in total. The van der Waals surface area contributed by atoms with Crippen molar-refractivity contribution in [2.75, 3.05) is 0 Å². The highest BCUT2D eigenvalue weighted by atomic mass is 19.3. The number of halogens is 4. The average molecular weight is 181 g/mol. The lowest BCUT2D eigenvalue weighted by molar-refractivity contribution is 0.139. The van der Waals surface area contributed by atoms with E-state index in [4.69, 9.17) is 5.11 Å². The second-order valence-electron chi connectivity index (χ2n) is 1.96. The van der Waals surface area contributed by atoms with Gasteiger partial charge in [-0.05, 0) is 0 Å². The molecule has 0 saturated carbocycles. The summed E-state index contributed by atoms with van der Waals surface area (Å²) in [6.07, 6.45) is -3.20. The van der Waals surface area contributed by atoms with E-state index in [2.05, 4.69) is 4.98 Å². The van der Waals surface area contributed by atoms with Crippen molar-refractivity contribution in [3.8, 4) is 5.75 Å². The van der Waals surface area contributed by atoms with E-state index < -0.39 is 29.6 Å².